The summed E-state index contributed by atoms with van der Waals surface area (Å²) in [6, 6.07) is 6.22. The van der Waals surface area contributed by atoms with E-state index in [0.717, 1.165) is 24.0 Å². The molecule has 2 aliphatic rings. The number of hydrogen-bond donors (Lipinski definition) is 0. The molecule has 0 N–H and O–H groups in total. The zero-order valence-corrected chi connectivity index (χ0v) is 23.7. The van der Waals surface area contributed by atoms with Gasteiger partial charge < -0.3 is 9.80 Å². The second-order valence-electron chi connectivity index (χ2n) is 10.9. The summed E-state index contributed by atoms with van der Waals surface area (Å²) < 4.78 is 80.8. The molecule has 2 aliphatic heterocycles. The summed E-state index contributed by atoms with van der Waals surface area (Å²) in [5, 5.41) is 0.523. The second-order valence-corrected chi connectivity index (χ2v) is 11.3. The second kappa shape index (κ2) is 11.8. The van der Waals surface area contributed by atoms with Crippen molar-refractivity contribution in [2.75, 3.05) is 33.2 Å². The van der Waals surface area contributed by atoms with E-state index in [0.29, 0.717) is 49.8 Å². The van der Waals surface area contributed by atoms with Crippen LogP contribution in [0.5, 0.6) is 0 Å². The van der Waals surface area contributed by atoms with E-state index in [4.69, 9.17) is 11.6 Å². The summed E-state index contributed by atoms with van der Waals surface area (Å²) in [4.78, 5) is 30.6. The van der Waals surface area contributed by atoms with Gasteiger partial charge >= 0.3 is 12.4 Å². The molecule has 12 heteroatoms. The van der Waals surface area contributed by atoms with Gasteiger partial charge in [-0.3, -0.25) is 14.5 Å². The van der Waals surface area contributed by atoms with Crippen molar-refractivity contribution < 1.29 is 35.9 Å². The van der Waals surface area contributed by atoms with Crippen LogP contribution in [0.2, 0.25) is 5.02 Å². The third kappa shape index (κ3) is 6.99. The minimum Gasteiger partial charge on any atom is -0.343 e. The molecule has 2 aromatic carbocycles. The van der Waals surface area contributed by atoms with E-state index in [1.165, 1.54) is 18.9 Å². The number of rotatable bonds is 4. The lowest BCUT2D eigenvalue weighted by molar-refractivity contribution is -0.143. The number of alkyl halides is 6. The molecule has 2 aromatic rings. The number of likely N-dealkylation sites (N-methyl/N-ethyl adjacent to an activating group) is 1. The number of hydrogen-bond acceptors (Lipinski definition) is 3. The molecule has 224 valence electrons. The first-order chi connectivity index (χ1) is 19.1. The number of likely N-dealkylation sites (tertiary alicyclic amines) is 2. The Morgan fingerprint density at radius 2 is 1.49 bits per heavy atom. The first kappa shape index (κ1) is 31.2. The van der Waals surface area contributed by atoms with Crippen molar-refractivity contribution in [2.24, 2.45) is 0 Å². The molecule has 4 rings (SSSR count). The maximum absolute atomic E-state index is 13.5. The molecule has 41 heavy (non-hydrogen) atoms. The zero-order valence-electron chi connectivity index (χ0n) is 22.9. The lowest BCUT2D eigenvalue weighted by Gasteiger charge is -2.47. The van der Waals surface area contributed by atoms with Crippen molar-refractivity contribution in [3.05, 3.63) is 69.2 Å². The molecule has 0 unspecified atom stereocenters. The Labute approximate surface area is 240 Å². The van der Waals surface area contributed by atoms with Crippen LogP contribution in [0, 0.1) is 6.92 Å². The van der Waals surface area contributed by atoms with Gasteiger partial charge in [-0.2, -0.15) is 26.3 Å². The number of aryl methyl sites for hydroxylation is 1. The standard InChI is InChI=1S/C29H32ClF6N3O2/c1-17-4-5-19(14-25(17)30)24-16-39(23-6-9-38(10-7-23)18(2)40)11-8-26(24)37(3)27(41)20-12-21(28(31,32)33)15-22(13-20)29(34,35)36/h4-5,12-15,23-24,26H,6-11,16H2,1-3H3/t24-,26+/m0/s1. The highest BCUT2D eigenvalue weighted by Gasteiger charge is 2.41. The molecule has 2 saturated heterocycles. The van der Waals surface area contributed by atoms with Crippen molar-refractivity contribution in [1.29, 1.82) is 0 Å². The number of nitrogens with zero attached hydrogens (tertiary/aromatic N) is 3. The van der Waals surface area contributed by atoms with Crippen molar-refractivity contribution in [3.63, 3.8) is 0 Å². The molecule has 0 saturated carbocycles. The number of carbonyl (C=O) groups excluding carboxylic acids is 2. The molecule has 2 fully saturated rings. The van der Waals surface area contributed by atoms with Gasteiger partial charge in [-0.25, -0.2) is 0 Å². The van der Waals surface area contributed by atoms with Gasteiger partial charge in [-0.05, 0) is 61.6 Å². The molecule has 5 nitrogen and oxygen atoms in total. The average molecular weight is 604 g/mol. The van der Waals surface area contributed by atoms with Crippen LogP contribution in [0.25, 0.3) is 0 Å². The van der Waals surface area contributed by atoms with Crippen LogP contribution in [0.15, 0.2) is 36.4 Å². The van der Waals surface area contributed by atoms with E-state index in [2.05, 4.69) is 4.90 Å². The summed E-state index contributed by atoms with van der Waals surface area (Å²) in [6.07, 6.45) is -8.09. The minimum absolute atomic E-state index is 0.0176. The third-order valence-electron chi connectivity index (χ3n) is 8.31. The third-order valence-corrected chi connectivity index (χ3v) is 8.72. The lowest BCUT2D eigenvalue weighted by atomic mass is 9.83. The minimum atomic E-state index is -5.06. The van der Waals surface area contributed by atoms with Crippen LogP contribution in [0.3, 0.4) is 0 Å². The topological polar surface area (TPSA) is 43.9 Å². The Balaban J connectivity index is 1.64. The normalized spacial score (nSPS) is 21.2. The fraction of sp³-hybridized carbons (Fsp3) is 0.517. The highest BCUT2D eigenvalue weighted by atomic mass is 35.5. The molecule has 0 bridgehead atoms. The van der Waals surface area contributed by atoms with Crippen molar-refractivity contribution >= 4 is 23.4 Å². The van der Waals surface area contributed by atoms with Crippen molar-refractivity contribution in [2.45, 2.75) is 63.5 Å². The van der Waals surface area contributed by atoms with Gasteiger partial charge in [0.1, 0.15) is 0 Å². The fourth-order valence-corrected chi connectivity index (χ4v) is 6.09. The number of halogens is 7. The van der Waals surface area contributed by atoms with Crippen LogP contribution in [0.4, 0.5) is 26.3 Å². The first-order valence-electron chi connectivity index (χ1n) is 13.4. The average Bonchev–Trinajstić information content (AvgIpc) is 2.92. The molecule has 2 heterocycles. The quantitative estimate of drug-likeness (QED) is 0.369. The van der Waals surface area contributed by atoms with Crippen molar-refractivity contribution in [3.8, 4) is 0 Å². The number of piperidine rings is 2. The van der Waals surface area contributed by atoms with E-state index in [9.17, 15) is 35.9 Å². The van der Waals surface area contributed by atoms with Gasteiger partial charge in [0.25, 0.3) is 5.91 Å². The highest BCUT2D eigenvalue weighted by Crippen LogP contribution is 2.38. The summed E-state index contributed by atoms with van der Waals surface area (Å²) in [5.41, 5.74) is -2.05. The maximum Gasteiger partial charge on any atom is 0.416 e. The SMILES string of the molecule is CC(=O)N1CCC(N2CC[C@@H](N(C)C(=O)c3cc(C(F)(F)F)cc(C(F)(F)F)c3)[C@H](c3ccc(C)c(Cl)c3)C2)CC1. The van der Waals surface area contributed by atoms with Crippen molar-refractivity contribution in [1.82, 2.24) is 14.7 Å². The molecule has 0 aliphatic carbocycles. The first-order valence-corrected chi connectivity index (χ1v) is 13.8. The Morgan fingerprint density at radius 3 is 2.00 bits per heavy atom. The molecular formula is C29H32ClF6N3O2. The Bertz CT molecular complexity index is 1260. The van der Waals surface area contributed by atoms with Gasteiger partial charge in [-0.1, -0.05) is 23.7 Å². The highest BCUT2D eigenvalue weighted by molar-refractivity contribution is 6.31. The van der Waals surface area contributed by atoms with Crippen LogP contribution in [-0.2, 0) is 17.1 Å². The van der Waals surface area contributed by atoms with Crippen LogP contribution >= 0.6 is 11.6 Å². The molecule has 2 atom stereocenters. The molecule has 0 aromatic heterocycles. The molecule has 0 spiro atoms. The van der Waals surface area contributed by atoms with Gasteiger partial charge in [0, 0.05) is 68.7 Å². The van der Waals surface area contributed by atoms with Gasteiger partial charge in [-0.15, -0.1) is 0 Å². The van der Waals surface area contributed by atoms with Gasteiger partial charge in [0.15, 0.2) is 0 Å². The maximum atomic E-state index is 13.5. The largest absolute Gasteiger partial charge is 0.416 e. The summed E-state index contributed by atoms with van der Waals surface area (Å²) >= 11 is 6.43. The smallest absolute Gasteiger partial charge is 0.343 e. The predicted molar refractivity (Wildman–Crippen MR) is 143 cm³/mol. The van der Waals surface area contributed by atoms with E-state index in [-0.39, 0.29) is 23.9 Å². The summed E-state index contributed by atoms with van der Waals surface area (Å²) in [7, 11) is 1.42. The lowest BCUT2D eigenvalue weighted by Crippen LogP contribution is -2.55. The predicted octanol–water partition coefficient (Wildman–Crippen LogP) is 6.63. The Morgan fingerprint density at radius 1 is 0.902 bits per heavy atom. The monoisotopic (exact) mass is 603 g/mol. The summed E-state index contributed by atoms with van der Waals surface area (Å²) in [5.74, 6) is -1.19. The Kier molecular flexibility index (Phi) is 8.99. The molecule has 0 radical (unpaired) electrons. The van der Waals surface area contributed by atoms with Crippen LogP contribution in [0.1, 0.15) is 64.7 Å². The van der Waals surface area contributed by atoms with E-state index < -0.39 is 41.0 Å². The number of carbonyl (C=O) groups is 2. The van der Waals surface area contributed by atoms with Gasteiger partial charge in [0.2, 0.25) is 5.91 Å². The van der Waals surface area contributed by atoms with E-state index >= 15 is 0 Å². The molecule has 2 amide bonds. The number of amides is 2. The fourth-order valence-electron chi connectivity index (χ4n) is 5.91. The van der Waals surface area contributed by atoms with Gasteiger partial charge in [0.05, 0.1) is 11.1 Å². The van der Waals surface area contributed by atoms with Crippen LogP contribution < -0.4 is 0 Å². The van der Waals surface area contributed by atoms with E-state index in [1.807, 2.05) is 19.1 Å². The Hall–Kier alpha value is -2.79. The molecular weight excluding hydrogens is 572 g/mol. The van der Waals surface area contributed by atoms with E-state index in [1.54, 1.807) is 11.0 Å². The number of benzene rings is 2. The van der Waals surface area contributed by atoms with Crippen LogP contribution in [-0.4, -0.2) is 71.8 Å². The zero-order chi connectivity index (χ0) is 30.3. The summed E-state index contributed by atoms with van der Waals surface area (Å²) in [6.45, 7) is 5.76.